The second kappa shape index (κ2) is 6.45. The largest absolute Gasteiger partial charge is 1.00 e. The molecule has 0 aromatic heterocycles. The third kappa shape index (κ3) is 4.60. The highest BCUT2D eigenvalue weighted by Crippen LogP contribution is 2.55. The maximum atomic E-state index is 11.2. The number of likely N-dealkylation sites (tertiary alicyclic amines) is 1. The van der Waals surface area contributed by atoms with Gasteiger partial charge in [0.05, 0.1) is 27.2 Å². The van der Waals surface area contributed by atoms with Gasteiger partial charge in [-0.2, -0.15) is 8.42 Å². The van der Waals surface area contributed by atoms with Crippen molar-refractivity contribution in [1.82, 2.24) is 0 Å². The fourth-order valence-corrected chi connectivity index (χ4v) is 4.75. The Bertz CT molecular complexity index is 491. The van der Waals surface area contributed by atoms with Gasteiger partial charge in [-0.3, -0.25) is 9.12 Å². The lowest BCUT2D eigenvalue weighted by Gasteiger charge is -2.40. The van der Waals surface area contributed by atoms with Gasteiger partial charge in [0.15, 0.2) is 0 Å². The molecule has 1 aliphatic heterocycles. The van der Waals surface area contributed by atoms with Gasteiger partial charge in [-0.25, -0.2) is 0 Å². The normalized spacial score (nSPS) is 26.4. The van der Waals surface area contributed by atoms with Crippen LogP contribution in [0, 0.1) is 5.92 Å². The van der Waals surface area contributed by atoms with E-state index in [1.54, 1.807) is 0 Å². The van der Waals surface area contributed by atoms with Gasteiger partial charge < -0.3 is 43.4 Å². The van der Waals surface area contributed by atoms with E-state index in [4.69, 9.17) is 14.3 Å². The van der Waals surface area contributed by atoms with E-state index in [9.17, 15) is 18.1 Å². The van der Waals surface area contributed by atoms with E-state index in [1.807, 2.05) is 14.1 Å². The van der Waals surface area contributed by atoms with Crippen molar-refractivity contribution in [2.75, 3.05) is 27.2 Å². The molecule has 0 aromatic rings. The van der Waals surface area contributed by atoms with Crippen molar-refractivity contribution in [3.05, 3.63) is 0 Å². The molecule has 8 nitrogen and oxygen atoms in total. The lowest BCUT2D eigenvalue weighted by molar-refractivity contribution is -0.898. The first-order valence-corrected chi connectivity index (χ1v) is 8.91. The Kier molecular flexibility index (Phi) is 6.68. The maximum Gasteiger partial charge on any atom is 0.375 e. The van der Waals surface area contributed by atoms with Crippen LogP contribution in [0.15, 0.2) is 0 Å². The van der Waals surface area contributed by atoms with E-state index < -0.39 is 28.8 Å². The molecular weight excluding hydrogens is 424 g/mol. The van der Waals surface area contributed by atoms with Crippen molar-refractivity contribution in [3.63, 3.8) is 0 Å². The summed E-state index contributed by atoms with van der Waals surface area (Å²) in [4.78, 5) is 18.1. The fourth-order valence-electron chi connectivity index (χ4n) is 2.61. The first kappa shape index (κ1) is 20.7. The maximum absolute atomic E-state index is 11.2. The molecule has 0 amide bonds. The molecule has 0 aliphatic carbocycles. The van der Waals surface area contributed by atoms with Crippen LogP contribution in [0.25, 0.3) is 0 Å². The molecule has 11 heteroatoms. The zero-order chi connectivity index (χ0) is 15.1. The van der Waals surface area contributed by atoms with Crippen molar-refractivity contribution >= 4 is 17.7 Å². The number of rotatable bonds is 4. The van der Waals surface area contributed by atoms with Crippen molar-refractivity contribution in [1.29, 1.82) is 0 Å². The summed E-state index contributed by atoms with van der Waals surface area (Å²) in [5.74, 6) is -0.386. The van der Waals surface area contributed by atoms with Gasteiger partial charge in [-0.05, 0) is 12.8 Å². The van der Waals surface area contributed by atoms with Gasteiger partial charge in [-0.15, -0.1) is 0 Å². The smallest absolute Gasteiger partial charge is 0.375 e. The summed E-state index contributed by atoms with van der Waals surface area (Å²) < 4.78 is 39.6. The van der Waals surface area contributed by atoms with E-state index in [0.29, 0.717) is 17.4 Å². The number of nitrogens with zero attached hydrogens (tertiary/aromatic N) is 1. The summed E-state index contributed by atoms with van der Waals surface area (Å²) in [6, 6.07) is 0. The Morgan fingerprint density at radius 3 is 2.20 bits per heavy atom. The van der Waals surface area contributed by atoms with E-state index in [-0.39, 0.29) is 29.9 Å². The first-order valence-electron chi connectivity index (χ1n) is 5.86. The van der Waals surface area contributed by atoms with Gasteiger partial charge in [-0.1, -0.05) is 0 Å². The second-order valence-corrected chi connectivity index (χ2v) is 9.57. The highest BCUT2D eigenvalue weighted by Gasteiger charge is 2.58. The van der Waals surface area contributed by atoms with Crippen LogP contribution in [-0.4, -0.2) is 64.2 Å². The summed E-state index contributed by atoms with van der Waals surface area (Å²) in [6.07, 6.45) is 0.650. The molecule has 1 rings (SSSR count). The third-order valence-electron chi connectivity index (χ3n) is 3.55. The molecule has 1 saturated heterocycles. The topological polar surface area (TPSA) is 132 Å². The van der Waals surface area contributed by atoms with Crippen LogP contribution in [0.4, 0.5) is 0 Å². The molecule has 0 bridgehead atoms. The number of piperidine rings is 1. The number of hydrogen-bond acceptors (Lipinski definition) is 4. The van der Waals surface area contributed by atoms with Crippen LogP contribution in [-0.2, 0) is 14.7 Å². The molecule has 2 atom stereocenters. The summed E-state index contributed by atoms with van der Waals surface area (Å²) in [5, 5.41) is 9.80. The average Bonchev–Trinajstić information content (AvgIpc) is 2.11. The van der Waals surface area contributed by atoms with Gasteiger partial charge in [0.2, 0.25) is 0 Å². The average molecular weight is 445 g/mol. The van der Waals surface area contributed by atoms with Crippen molar-refractivity contribution in [2.45, 2.75) is 23.9 Å². The van der Waals surface area contributed by atoms with Gasteiger partial charge >= 0.3 is 17.7 Å². The van der Waals surface area contributed by atoms with Crippen LogP contribution >= 0.6 is 7.60 Å². The fraction of sp³-hybridized carbons (Fsp3) is 1.00. The lowest BCUT2D eigenvalue weighted by Crippen LogP contribution is -3.00. The second-order valence-electron chi connectivity index (χ2n) is 5.82. The Labute approximate surface area is 135 Å². The SMILES string of the molecule is C[N+]1(C)CCCC(CC(O)(P(=O)(O)O)S(=O)(=O)O)C1.[I-]. The molecule has 0 spiro atoms. The number of hydrogen-bond donors (Lipinski definition) is 4. The number of halogens is 1. The molecular formula is C9H21INO7PS. The molecule has 4 N–H and O–H groups in total. The van der Waals surface area contributed by atoms with Crippen LogP contribution < -0.4 is 24.0 Å². The highest BCUT2D eigenvalue weighted by atomic mass is 127. The summed E-state index contributed by atoms with van der Waals surface area (Å²) >= 11 is 0. The van der Waals surface area contributed by atoms with Crippen LogP contribution in [0.3, 0.4) is 0 Å². The molecule has 2 unspecified atom stereocenters. The van der Waals surface area contributed by atoms with Crippen LogP contribution in [0.5, 0.6) is 0 Å². The summed E-state index contributed by atoms with van der Waals surface area (Å²) in [6.45, 7) is 1.36. The van der Waals surface area contributed by atoms with E-state index >= 15 is 0 Å². The van der Waals surface area contributed by atoms with E-state index in [2.05, 4.69) is 0 Å². The summed E-state index contributed by atoms with van der Waals surface area (Å²) in [7, 11) is -6.85. The molecule has 0 aromatic carbocycles. The Balaban J connectivity index is 0.00000361. The summed E-state index contributed by atoms with van der Waals surface area (Å²) in [5.41, 5.74) is 0. The van der Waals surface area contributed by atoms with Crippen molar-refractivity contribution < 1.29 is 60.9 Å². The minimum absolute atomic E-state index is 0. The molecule has 0 radical (unpaired) electrons. The highest BCUT2D eigenvalue weighted by molar-refractivity contribution is 7.94. The minimum atomic E-state index is -5.41. The molecule has 0 saturated carbocycles. The molecule has 122 valence electrons. The van der Waals surface area contributed by atoms with Crippen LogP contribution in [0.1, 0.15) is 19.3 Å². The lowest BCUT2D eigenvalue weighted by atomic mass is 9.94. The van der Waals surface area contributed by atoms with E-state index in [1.165, 1.54) is 0 Å². The number of aliphatic hydroxyl groups is 1. The predicted molar refractivity (Wildman–Crippen MR) is 67.7 cm³/mol. The first-order chi connectivity index (χ1) is 8.29. The standard InChI is InChI=1S/C9H20NO7PS.HI/c1-10(2)5-3-4-8(7-10)6-9(11,18(12,13)14)19(15,16)17;/h8,11H,3-7H2,1-2H3,(H2-,12,13,14,15,16,17);1H. The van der Waals surface area contributed by atoms with Crippen molar-refractivity contribution in [3.8, 4) is 0 Å². The molecule has 1 heterocycles. The molecule has 20 heavy (non-hydrogen) atoms. The van der Waals surface area contributed by atoms with Crippen LogP contribution in [0.2, 0.25) is 0 Å². The Morgan fingerprint density at radius 1 is 1.35 bits per heavy atom. The Hall–Kier alpha value is 0.710. The van der Waals surface area contributed by atoms with Gasteiger partial charge in [0.1, 0.15) is 0 Å². The third-order valence-corrected chi connectivity index (χ3v) is 7.04. The zero-order valence-corrected chi connectivity index (χ0v) is 15.2. The predicted octanol–water partition coefficient (Wildman–Crippen LogP) is -3.42. The Morgan fingerprint density at radius 2 is 1.85 bits per heavy atom. The number of quaternary nitrogens is 1. The van der Waals surface area contributed by atoms with Gasteiger partial charge in [0, 0.05) is 12.3 Å². The zero-order valence-electron chi connectivity index (χ0n) is 11.3. The minimum Gasteiger partial charge on any atom is -1.00 e. The van der Waals surface area contributed by atoms with Gasteiger partial charge in [0.25, 0.3) is 4.67 Å². The quantitative estimate of drug-likeness (QED) is 0.153. The van der Waals surface area contributed by atoms with Crippen molar-refractivity contribution in [2.24, 2.45) is 5.92 Å². The monoisotopic (exact) mass is 445 g/mol. The molecule has 1 fully saturated rings. The van der Waals surface area contributed by atoms with E-state index in [0.717, 1.165) is 13.0 Å². The molecule has 1 aliphatic rings.